The van der Waals surface area contributed by atoms with Crippen molar-refractivity contribution in [2.24, 2.45) is 5.92 Å². The molecular weight excluding hydrogens is 408 g/mol. The fraction of sp³-hybridized carbons (Fsp3) is 0.647. The highest BCUT2D eigenvalue weighted by molar-refractivity contribution is 9.10. The monoisotopic (exact) mass is 434 g/mol. The van der Waals surface area contributed by atoms with Crippen LogP contribution in [0.5, 0.6) is 11.5 Å². The molecule has 0 bridgehead atoms. The second kappa shape index (κ2) is 8.70. The van der Waals surface area contributed by atoms with Crippen LogP contribution in [0.2, 0.25) is 0 Å². The number of rotatable bonds is 8. The number of sulfonamides is 1. The Kier molecular flexibility index (Phi) is 7.13. The molecule has 0 aromatic heterocycles. The molecule has 1 N–H and O–H groups in total. The summed E-state index contributed by atoms with van der Waals surface area (Å²) in [6, 6.07) is 3.30. The Morgan fingerprint density at radius 3 is 2.24 bits per heavy atom. The van der Waals surface area contributed by atoms with Crippen molar-refractivity contribution in [2.45, 2.75) is 37.6 Å². The quantitative estimate of drug-likeness (QED) is 0.680. The van der Waals surface area contributed by atoms with E-state index in [-0.39, 0.29) is 10.9 Å². The summed E-state index contributed by atoms with van der Waals surface area (Å²) in [6.07, 6.45) is 2.02. The maximum Gasteiger partial charge on any atom is 0.241 e. The highest BCUT2D eigenvalue weighted by Gasteiger charge is 2.26. The lowest BCUT2D eigenvalue weighted by atomic mass is 9.93. The van der Waals surface area contributed by atoms with Gasteiger partial charge in [-0.15, -0.1) is 0 Å². The molecule has 1 aromatic carbocycles. The number of nitrogens with zero attached hydrogens (tertiary/aromatic N) is 1. The van der Waals surface area contributed by atoms with Crippen LogP contribution in [0.25, 0.3) is 0 Å². The molecule has 0 unspecified atom stereocenters. The SMILES string of the molecule is CCC(CC)[C@H](CNS(=O)(=O)c1cc2c(cc1Br)OCCO2)N(C)C. The highest BCUT2D eigenvalue weighted by atomic mass is 79.9. The summed E-state index contributed by atoms with van der Waals surface area (Å²) in [6.45, 7) is 5.51. The van der Waals surface area contributed by atoms with Gasteiger partial charge in [-0.2, -0.15) is 0 Å². The van der Waals surface area contributed by atoms with Gasteiger partial charge in [0, 0.05) is 23.1 Å². The van der Waals surface area contributed by atoms with Gasteiger partial charge in [-0.1, -0.05) is 26.7 Å². The summed E-state index contributed by atoms with van der Waals surface area (Å²) < 4.78 is 39.8. The first kappa shape index (κ1) is 20.5. The Morgan fingerprint density at radius 1 is 1.16 bits per heavy atom. The maximum atomic E-state index is 12.8. The van der Waals surface area contributed by atoms with Gasteiger partial charge < -0.3 is 14.4 Å². The topological polar surface area (TPSA) is 67.9 Å². The van der Waals surface area contributed by atoms with Crippen molar-refractivity contribution in [3.8, 4) is 11.5 Å². The van der Waals surface area contributed by atoms with E-state index in [4.69, 9.17) is 9.47 Å². The Morgan fingerprint density at radius 2 is 1.72 bits per heavy atom. The molecule has 1 aliphatic rings. The Labute approximate surface area is 159 Å². The molecule has 0 saturated carbocycles. The van der Waals surface area contributed by atoms with Gasteiger partial charge in [0.1, 0.15) is 18.1 Å². The lowest BCUT2D eigenvalue weighted by molar-refractivity contribution is 0.171. The van der Waals surface area contributed by atoms with Gasteiger partial charge in [-0.25, -0.2) is 13.1 Å². The van der Waals surface area contributed by atoms with Crippen LogP contribution in [0, 0.1) is 5.92 Å². The summed E-state index contributed by atoms with van der Waals surface area (Å²) in [5.41, 5.74) is 0. The Balaban J connectivity index is 2.21. The number of halogens is 1. The van der Waals surface area contributed by atoms with Gasteiger partial charge in [0.05, 0.1) is 0 Å². The molecule has 1 aromatic rings. The van der Waals surface area contributed by atoms with E-state index >= 15 is 0 Å². The van der Waals surface area contributed by atoms with E-state index in [1.165, 1.54) is 6.07 Å². The molecule has 0 spiro atoms. The van der Waals surface area contributed by atoms with Crippen molar-refractivity contribution in [3.05, 3.63) is 16.6 Å². The first-order valence-corrected chi connectivity index (χ1v) is 10.8. The number of nitrogens with one attached hydrogen (secondary N) is 1. The molecule has 25 heavy (non-hydrogen) atoms. The number of hydrogen-bond donors (Lipinski definition) is 1. The lowest BCUT2D eigenvalue weighted by Gasteiger charge is -2.31. The first-order chi connectivity index (χ1) is 11.8. The molecule has 0 amide bonds. The zero-order valence-electron chi connectivity index (χ0n) is 15.2. The highest BCUT2D eigenvalue weighted by Crippen LogP contribution is 2.37. The number of fused-ring (bicyclic) bond motifs is 1. The van der Waals surface area contributed by atoms with E-state index in [1.807, 2.05) is 14.1 Å². The van der Waals surface area contributed by atoms with Crippen LogP contribution in [0.3, 0.4) is 0 Å². The second-order valence-electron chi connectivity index (χ2n) is 6.39. The van der Waals surface area contributed by atoms with Crippen LogP contribution in [-0.2, 0) is 10.0 Å². The van der Waals surface area contributed by atoms with Gasteiger partial charge in [0.2, 0.25) is 10.0 Å². The summed E-state index contributed by atoms with van der Waals surface area (Å²) in [5, 5.41) is 0. The summed E-state index contributed by atoms with van der Waals surface area (Å²) in [5.74, 6) is 1.45. The minimum atomic E-state index is -3.66. The average molecular weight is 435 g/mol. The number of likely N-dealkylation sites (N-methyl/N-ethyl adjacent to an activating group) is 1. The summed E-state index contributed by atoms with van der Waals surface area (Å²) in [4.78, 5) is 2.25. The fourth-order valence-electron chi connectivity index (χ4n) is 3.13. The van der Waals surface area contributed by atoms with Crippen LogP contribution in [0.15, 0.2) is 21.5 Å². The van der Waals surface area contributed by atoms with Crippen LogP contribution in [0.4, 0.5) is 0 Å². The number of hydrogen-bond acceptors (Lipinski definition) is 5. The molecule has 1 atom stereocenters. The molecule has 6 nitrogen and oxygen atoms in total. The molecule has 1 heterocycles. The third-order valence-electron chi connectivity index (χ3n) is 4.62. The summed E-state index contributed by atoms with van der Waals surface area (Å²) >= 11 is 3.34. The third-order valence-corrected chi connectivity index (χ3v) is 7.01. The van der Waals surface area contributed by atoms with Gasteiger partial charge >= 0.3 is 0 Å². The van der Waals surface area contributed by atoms with Crippen LogP contribution < -0.4 is 14.2 Å². The molecule has 142 valence electrons. The standard InChI is InChI=1S/C17H27BrN2O4S/c1-5-12(6-2)14(20(3)4)11-19-25(21,22)17-10-16-15(9-13(17)18)23-7-8-24-16/h9-10,12,14,19H,5-8,11H2,1-4H3/t14-/m0/s1. The van der Waals surface area contributed by atoms with E-state index in [9.17, 15) is 8.42 Å². The Hall–Kier alpha value is -0.830. The van der Waals surface area contributed by atoms with E-state index in [1.54, 1.807) is 6.07 Å². The van der Waals surface area contributed by atoms with Crippen molar-refractivity contribution in [1.29, 1.82) is 0 Å². The molecular formula is C17H27BrN2O4S. The predicted molar refractivity (Wildman–Crippen MR) is 102 cm³/mol. The minimum absolute atomic E-state index is 0.140. The van der Waals surface area contributed by atoms with Gasteiger partial charge in [-0.05, 0) is 42.0 Å². The molecule has 2 rings (SSSR count). The minimum Gasteiger partial charge on any atom is -0.486 e. The fourth-order valence-corrected chi connectivity index (χ4v) is 5.21. The molecule has 0 saturated heterocycles. The molecule has 0 radical (unpaired) electrons. The zero-order valence-corrected chi connectivity index (χ0v) is 17.6. The Bertz CT molecular complexity index is 690. The smallest absolute Gasteiger partial charge is 0.241 e. The van der Waals surface area contributed by atoms with E-state index in [0.717, 1.165) is 12.8 Å². The van der Waals surface area contributed by atoms with E-state index in [0.29, 0.717) is 41.6 Å². The molecule has 1 aliphatic heterocycles. The van der Waals surface area contributed by atoms with Crippen LogP contribution in [0.1, 0.15) is 26.7 Å². The largest absolute Gasteiger partial charge is 0.486 e. The van der Waals surface area contributed by atoms with Crippen molar-refractivity contribution in [2.75, 3.05) is 33.9 Å². The predicted octanol–water partition coefficient (Wildman–Crippen LogP) is 2.87. The molecule has 0 aliphatic carbocycles. The number of ether oxygens (including phenoxy) is 2. The van der Waals surface area contributed by atoms with Gasteiger partial charge in [0.25, 0.3) is 0 Å². The van der Waals surface area contributed by atoms with E-state index < -0.39 is 10.0 Å². The van der Waals surface area contributed by atoms with Gasteiger partial charge in [-0.3, -0.25) is 0 Å². The van der Waals surface area contributed by atoms with Crippen molar-refractivity contribution in [3.63, 3.8) is 0 Å². The normalized spacial score (nSPS) is 15.6. The lowest BCUT2D eigenvalue weighted by Crippen LogP contribution is -2.44. The third kappa shape index (κ3) is 4.87. The van der Waals surface area contributed by atoms with Crippen molar-refractivity contribution >= 4 is 26.0 Å². The maximum absolute atomic E-state index is 12.8. The second-order valence-corrected chi connectivity index (χ2v) is 8.98. The number of benzene rings is 1. The molecule has 8 heteroatoms. The van der Waals surface area contributed by atoms with Crippen molar-refractivity contribution < 1.29 is 17.9 Å². The van der Waals surface area contributed by atoms with Gasteiger partial charge in [0.15, 0.2) is 11.5 Å². The average Bonchev–Trinajstić information content (AvgIpc) is 2.57. The molecule has 0 fully saturated rings. The first-order valence-electron chi connectivity index (χ1n) is 8.55. The van der Waals surface area contributed by atoms with E-state index in [2.05, 4.69) is 39.4 Å². The van der Waals surface area contributed by atoms with Crippen molar-refractivity contribution in [1.82, 2.24) is 9.62 Å². The summed E-state index contributed by atoms with van der Waals surface area (Å²) in [7, 11) is 0.305. The van der Waals surface area contributed by atoms with Crippen LogP contribution in [-0.4, -0.2) is 53.2 Å². The van der Waals surface area contributed by atoms with Crippen LogP contribution >= 0.6 is 15.9 Å². The zero-order chi connectivity index (χ0) is 18.6.